The molecule has 0 unspecified atom stereocenters. The van der Waals surface area contributed by atoms with Gasteiger partial charge in [-0.05, 0) is 24.6 Å². The molecule has 0 saturated carbocycles. The van der Waals surface area contributed by atoms with Crippen molar-refractivity contribution < 1.29 is 4.74 Å². The maximum Gasteiger partial charge on any atom is 0.134 e. The quantitative estimate of drug-likeness (QED) is 0.558. The highest BCUT2D eigenvalue weighted by Gasteiger charge is 1.95. The van der Waals surface area contributed by atoms with E-state index in [2.05, 4.69) is 24.8 Å². The molecule has 0 amide bonds. The molecule has 0 aliphatic heterocycles. The smallest absolute Gasteiger partial charge is 0.134 e. The highest BCUT2D eigenvalue weighted by molar-refractivity contribution is 5.47. The number of ether oxygens (including phenoxy) is 1. The number of hydrogen-bond donors (Lipinski definition) is 0. The molecule has 0 aliphatic carbocycles. The van der Waals surface area contributed by atoms with Gasteiger partial charge in [-0.3, -0.25) is 0 Å². The van der Waals surface area contributed by atoms with Crippen LogP contribution in [-0.2, 0) is 0 Å². The molecule has 0 aliphatic rings. The number of rotatable bonds is 4. The van der Waals surface area contributed by atoms with Gasteiger partial charge in [-0.25, -0.2) is 0 Å². The molecule has 0 spiro atoms. The van der Waals surface area contributed by atoms with Gasteiger partial charge in [-0.1, -0.05) is 55.5 Å². The Morgan fingerprint density at radius 2 is 2.06 bits per heavy atom. The third-order valence-corrected chi connectivity index (χ3v) is 2.20. The average Bonchev–Trinajstić information content (AvgIpc) is 2.38. The lowest BCUT2D eigenvalue weighted by molar-refractivity contribution is 0.413. The van der Waals surface area contributed by atoms with Gasteiger partial charge >= 0.3 is 0 Å². The molecule has 1 aromatic rings. The van der Waals surface area contributed by atoms with Gasteiger partial charge in [0.15, 0.2) is 0 Å². The predicted molar refractivity (Wildman–Crippen MR) is 73.1 cm³/mol. The van der Waals surface area contributed by atoms with Crippen molar-refractivity contribution in [1.82, 2.24) is 0 Å². The Bertz CT molecular complexity index is 444. The summed E-state index contributed by atoms with van der Waals surface area (Å²) in [5.41, 5.74) is 0.914. The summed E-state index contributed by atoms with van der Waals surface area (Å²) < 4.78 is 5.21. The van der Waals surface area contributed by atoms with Crippen molar-refractivity contribution in [3.63, 3.8) is 0 Å². The number of benzene rings is 1. The second kappa shape index (κ2) is 8.24. The molecule has 0 aromatic heterocycles. The summed E-state index contributed by atoms with van der Waals surface area (Å²) in [6.45, 7) is 2.16. The highest BCUT2D eigenvalue weighted by atomic mass is 16.5. The Morgan fingerprint density at radius 1 is 1.24 bits per heavy atom. The maximum atomic E-state index is 5.21. The Balaban J connectivity index is 2.59. The molecule has 1 rings (SSSR count). The number of unbranched alkanes of at least 4 members (excludes halogenated alkanes) is 1. The van der Waals surface area contributed by atoms with Crippen LogP contribution >= 0.6 is 0 Å². The van der Waals surface area contributed by atoms with Gasteiger partial charge in [-0.15, -0.1) is 0 Å². The Hall–Kier alpha value is -1.94. The summed E-state index contributed by atoms with van der Waals surface area (Å²) >= 11 is 0. The highest BCUT2D eigenvalue weighted by Crippen LogP contribution is 2.15. The van der Waals surface area contributed by atoms with Crippen LogP contribution in [0.15, 0.2) is 48.6 Å². The summed E-state index contributed by atoms with van der Waals surface area (Å²) in [6.07, 6.45) is 10.3. The molecule has 0 atom stereocenters. The fourth-order valence-corrected chi connectivity index (χ4v) is 1.31. The summed E-state index contributed by atoms with van der Waals surface area (Å²) in [5.74, 6) is 6.87. The number of allylic oxidation sites excluding steroid dienone is 4. The SMILES string of the molecule is CCC/C=C/C=C/C#Cc1ccccc1OC. The van der Waals surface area contributed by atoms with Crippen LogP contribution in [-0.4, -0.2) is 7.11 Å². The zero-order valence-corrected chi connectivity index (χ0v) is 10.4. The number of para-hydroxylation sites is 1. The molecular weight excluding hydrogens is 208 g/mol. The first-order valence-electron chi connectivity index (χ1n) is 5.84. The monoisotopic (exact) mass is 226 g/mol. The summed E-state index contributed by atoms with van der Waals surface area (Å²) in [7, 11) is 1.66. The minimum Gasteiger partial charge on any atom is -0.495 e. The van der Waals surface area contributed by atoms with E-state index in [0.29, 0.717) is 0 Å². The molecule has 88 valence electrons. The summed E-state index contributed by atoms with van der Waals surface area (Å²) in [4.78, 5) is 0. The second-order valence-electron chi connectivity index (χ2n) is 3.55. The van der Waals surface area contributed by atoms with Gasteiger partial charge in [-0.2, -0.15) is 0 Å². The molecule has 0 fully saturated rings. The molecule has 1 heteroatoms. The summed E-state index contributed by atoms with van der Waals surface area (Å²) in [5, 5.41) is 0. The minimum absolute atomic E-state index is 0.815. The van der Waals surface area contributed by atoms with Crippen molar-refractivity contribution in [3.8, 4) is 17.6 Å². The van der Waals surface area contributed by atoms with Crippen LogP contribution < -0.4 is 4.74 Å². The van der Waals surface area contributed by atoms with Crippen LogP contribution in [0.2, 0.25) is 0 Å². The van der Waals surface area contributed by atoms with Crippen molar-refractivity contribution in [2.45, 2.75) is 19.8 Å². The largest absolute Gasteiger partial charge is 0.495 e. The molecular formula is C16H18O. The standard InChI is InChI=1S/C16H18O/c1-3-4-5-6-7-8-9-12-15-13-10-11-14-16(15)17-2/h5-8,10-11,13-14H,3-4H2,1-2H3/b6-5+,8-7+. The van der Waals surface area contributed by atoms with Crippen molar-refractivity contribution in [3.05, 3.63) is 54.1 Å². The fraction of sp³-hybridized carbons (Fsp3) is 0.250. The van der Waals surface area contributed by atoms with E-state index in [1.54, 1.807) is 7.11 Å². The first kappa shape index (κ1) is 13.1. The van der Waals surface area contributed by atoms with Gasteiger partial charge in [0.25, 0.3) is 0 Å². The molecule has 0 bridgehead atoms. The zero-order chi connectivity index (χ0) is 12.3. The van der Waals surface area contributed by atoms with E-state index in [1.165, 1.54) is 6.42 Å². The maximum absolute atomic E-state index is 5.21. The van der Waals surface area contributed by atoms with Crippen LogP contribution in [0.1, 0.15) is 25.3 Å². The van der Waals surface area contributed by atoms with Crippen molar-refractivity contribution in [2.24, 2.45) is 0 Å². The van der Waals surface area contributed by atoms with Crippen LogP contribution in [0.5, 0.6) is 5.75 Å². The first-order chi connectivity index (χ1) is 8.38. The van der Waals surface area contributed by atoms with Gasteiger partial charge in [0, 0.05) is 0 Å². The van der Waals surface area contributed by atoms with E-state index >= 15 is 0 Å². The molecule has 0 saturated heterocycles. The second-order valence-corrected chi connectivity index (χ2v) is 3.55. The molecule has 0 N–H and O–H groups in total. The van der Waals surface area contributed by atoms with Gasteiger partial charge in [0.2, 0.25) is 0 Å². The van der Waals surface area contributed by atoms with Crippen molar-refractivity contribution in [2.75, 3.05) is 7.11 Å². The molecule has 17 heavy (non-hydrogen) atoms. The Labute approximate surface area is 104 Å². The van der Waals surface area contributed by atoms with Crippen LogP contribution in [0.25, 0.3) is 0 Å². The topological polar surface area (TPSA) is 9.23 Å². The molecule has 0 heterocycles. The third-order valence-electron chi connectivity index (χ3n) is 2.20. The van der Waals surface area contributed by atoms with Crippen LogP contribution in [0.4, 0.5) is 0 Å². The fourth-order valence-electron chi connectivity index (χ4n) is 1.31. The molecule has 1 nitrogen and oxygen atoms in total. The number of methoxy groups -OCH3 is 1. The lowest BCUT2D eigenvalue weighted by atomic mass is 10.2. The van der Waals surface area contributed by atoms with E-state index in [0.717, 1.165) is 17.7 Å². The van der Waals surface area contributed by atoms with E-state index in [-0.39, 0.29) is 0 Å². The van der Waals surface area contributed by atoms with Crippen LogP contribution in [0, 0.1) is 11.8 Å². The van der Waals surface area contributed by atoms with Gasteiger partial charge < -0.3 is 4.74 Å². The predicted octanol–water partition coefficient (Wildman–Crippen LogP) is 3.96. The Morgan fingerprint density at radius 3 is 2.82 bits per heavy atom. The Kier molecular flexibility index (Phi) is 6.36. The average molecular weight is 226 g/mol. The van der Waals surface area contributed by atoms with Gasteiger partial charge in [0.1, 0.15) is 5.75 Å². The van der Waals surface area contributed by atoms with Gasteiger partial charge in [0.05, 0.1) is 12.7 Å². The third kappa shape index (κ3) is 5.08. The van der Waals surface area contributed by atoms with E-state index < -0.39 is 0 Å². The molecule has 0 radical (unpaired) electrons. The van der Waals surface area contributed by atoms with Crippen molar-refractivity contribution in [1.29, 1.82) is 0 Å². The first-order valence-corrected chi connectivity index (χ1v) is 5.84. The van der Waals surface area contributed by atoms with E-state index in [1.807, 2.05) is 42.5 Å². The van der Waals surface area contributed by atoms with E-state index in [9.17, 15) is 0 Å². The van der Waals surface area contributed by atoms with Crippen LogP contribution in [0.3, 0.4) is 0 Å². The zero-order valence-electron chi connectivity index (χ0n) is 10.4. The van der Waals surface area contributed by atoms with Crippen molar-refractivity contribution >= 4 is 0 Å². The van der Waals surface area contributed by atoms with E-state index in [4.69, 9.17) is 4.74 Å². The molecule has 1 aromatic carbocycles. The number of hydrogen-bond acceptors (Lipinski definition) is 1. The summed E-state index contributed by atoms with van der Waals surface area (Å²) in [6, 6.07) is 7.76. The normalized spacial score (nSPS) is 10.5. The minimum atomic E-state index is 0.815. The lowest BCUT2D eigenvalue weighted by Crippen LogP contribution is -1.85. The lowest BCUT2D eigenvalue weighted by Gasteiger charge is -2.00.